The summed E-state index contributed by atoms with van der Waals surface area (Å²) in [5.74, 6) is 0.586. The Morgan fingerprint density at radius 2 is 2.42 bits per heavy atom. The minimum atomic E-state index is 0.586. The molecule has 0 aliphatic heterocycles. The van der Waals surface area contributed by atoms with Gasteiger partial charge in [-0.2, -0.15) is 5.10 Å². The van der Waals surface area contributed by atoms with E-state index in [2.05, 4.69) is 23.4 Å². The van der Waals surface area contributed by atoms with Crippen molar-refractivity contribution in [2.45, 2.75) is 19.3 Å². The van der Waals surface area contributed by atoms with Crippen molar-refractivity contribution in [1.82, 2.24) is 15.1 Å². The van der Waals surface area contributed by atoms with Crippen molar-refractivity contribution in [3.05, 3.63) is 18.0 Å². The number of rotatable bonds is 4. The Kier molecular flexibility index (Phi) is 3.29. The number of nitrogens with one attached hydrogen (secondary N) is 1. The summed E-state index contributed by atoms with van der Waals surface area (Å²) >= 11 is 0. The van der Waals surface area contributed by atoms with Gasteiger partial charge in [-0.25, -0.2) is 0 Å². The van der Waals surface area contributed by atoms with Gasteiger partial charge < -0.3 is 5.32 Å². The quantitative estimate of drug-likeness (QED) is 0.728. The molecule has 0 aromatic carbocycles. The molecule has 1 rings (SSSR count). The first-order valence-electron chi connectivity index (χ1n) is 4.42. The van der Waals surface area contributed by atoms with E-state index in [0.29, 0.717) is 5.92 Å². The molecule has 0 spiro atoms. The van der Waals surface area contributed by atoms with Crippen LogP contribution in [0.3, 0.4) is 0 Å². The standard InChI is InChI=1S/C9H17N3/c1-4-8(7-10-2)9-5-6-11-12(9)3/h5-6,8,10H,4,7H2,1-3H3. The van der Waals surface area contributed by atoms with Crippen LogP contribution in [0.5, 0.6) is 0 Å². The predicted molar refractivity (Wildman–Crippen MR) is 50.2 cm³/mol. The summed E-state index contributed by atoms with van der Waals surface area (Å²) in [6.07, 6.45) is 3.01. The van der Waals surface area contributed by atoms with Crippen molar-refractivity contribution in [1.29, 1.82) is 0 Å². The summed E-state index contributed by atoms with van der Waals surface area (Å²) in [5, 5.41) is 7.35. The van der Waals surface area contributed by atoms with Gasteiger partial charge in [0.25, 0.3) is 0 Å². The van der Waals surface area contributed by atoms with Crippen LogP contribution >= 0.6 is 0 Å². The third kappa shape index (κ3) is 1.85. The molecular weight excluding hydrogens is 150 g/mol. The molecule has 0 saturated heterocycles. The number of likely N-dealkylation sites (N-methyl/N-ethyl adjacent to an activating group) is 1. The van der Waals surface area contributed by atoms with Crippen LogP contribution in [0.15, 0.2) is 12.3 Å². The minimum Gasteiger partial charge on any atom is -0.319 e. The van der Waals surface area contributed by atoms with Crippen LogP contribution in [0.25, 0.3) is 0 Å². The van der Waals surface area contributed by atoms with Crippen LogP contribution in [0.4, 0.5) is 0 Å². The smallest absolute Gasteiger partial charge is 0.0492 e. The molecule has 1 N–H and O–H groups in total. The maximum Gasteiger partial charge on any atom is 0.0492 e. The summed E-state index contributed by atoms with van der Waals surface area (Å²) in [4.78, 5) is 0. The topological polar surface area (TPSA) is 29.9 Å². The maximum atomic E-state index is 4.16. The zero-order valence-electron chi connectivity index (χ0n) is 8.04. The zero-order valence-corrected chi connectivity index (χ0v) is 8.04. The number of aromatic nitrogens is 2. The first kappa shape index (κ1) is 9.26. The zero-order chi connectivity index (χ0) is 8.97. The van der Waals surface area contributed by atoms with E-state index >= 15 is 0 Å². The number of nitrogens with zero attached hydrogens (tertiary/aromatic N) is 2. The Bertz CT molecular complexity index is 229. The maximum absolute atomic E-state index is 4.16. The van der Waals surface area contributed by atoms with Gasteiger partial charge in [0.05, 0.1) is 0 Å². The average Bonchev–Trinajstić information content (AvgIpc) is 2.47. The molecule has 1 aromatic heterocycles. The van der Waals surface area contributed by atoms with Gasteiger partial charge in [-0.15, -0.1) is 0 Å². The predicted octanol–water partition coefficient (Wildman–Crippen LogP) is 1.13. The lowest BCUT2D eigenvalue weighted by Crippen LogP contribution is -2.18. The molecule has 3 heteroatoms. The molecular formula is C9H17N3. The third-order valence-electron chi connectivity index (χ3n) is 2.22. The monoisotopic (exact) mass is 167 g/mol. The molecule has 0 fully saturated rings. The molecule has 68 valence electrons. The Morgan fingerprint density at radius 3 is 2.83 bits per heavy atom. The van der Waals surface area contributed by atoms with Gasteiger partial charge in [-0.05, 0) is 19.5 Å². The largest absolute Gasteiger partial charge is 0.319 e. The lowest BCUT2D eigenvalue weighted by atomic mass is 10.0. The summed E-state index contributed by atoms with van der Waals surface area (Å²) in [7, 11) is 3.98. The van der Waals surface area contributed by atoms with E-state index in [9.17, 15) is 0 Å². The molecule has 0 bridgehead atoms. The van der Waals surface area contributed by atoms with E-state index in [1.165, 1.54) is 5.69 Å². The van der Waals surface area contributed by atoms with Gasteiger partial charge in [0.15, 0.2) is 0 Å². The third-order valence-corrected chi connectivity index (χ3v) is 2.22. The first-order valence-corrected chi connectivity index (χ1v) is 4.42. The number of hydrogen-bond acceptors (Lipinski definition) is 2. The molecule has 0 amide bonds. The van der Waals surface area contributed by atoms with Crippen molar-refractivity contribution >= 4 is 0 Å². The lowest BCUT2D eigenvalue weighted by molar-refractivity contribution is 0.558. The van der Waals surface area contributed by atoms with Gasteiger partial charge in [0.2, 0.25) is 0 Å². The molecule has 1 aromatic rings. The van der Waals surface area contributed by atoms with Crippen molar-refractivity contribution in [3.63, 3.8) is 0 Å². The fraction of sp³-hybridized carbons (Fsp3) is 0.667. The molecule has 1 heterocycles. The number of aryl methyl sites for hydroxylation is 1. The van der Waals surface area contributed by atoms with Crippen molar-refractivity contribution in [2.24, 2.45) is 7.05 Å². The Balaban J connectivity index is 2.72. The molecule has 1 atom stereocenters. The Morgan fingerprint density at radius 1 is 1.67 bits per heavy atom. The van der Waals surface area contributed by atoms with Crippen LogP contribution in [0, 0.1) is 0 Å². The highest BCUT2D eigenvalue weighted by molar-refractivity contribution is 5.07. The van der Waals surface area contributed by atoms with E-state index < -0.39 is 0 Å². The highest BCUT2D eigenvalue weighted by Gasteiger charge is 2.10. The second kappa shape index (κ2) is 4.26. The highest BCUT2D eigenvalue weighted by atomic mass is 15.3. The van der Waals surface area contributed by atoms with Gasteiger partial charge in [0, 0.05) is 31.4 Å². The minimum absolute atomic E-state index is 0.586. The molecule has 0 saturated carbocycles. The average molecular weight is 167 g/mol. The first-order chi connectivity index (χ1) is 5.79. The van der Waals surface area contributed by atoms with E-state index in [-0.39, 0.29) is 0 Å². The molecule has 0 aliphatic carbocycles. The van der Waals surface area contributed by atoms with Crippen LogP contribution in [-0.2, 0) is 7.05 Å². The van der Waals surface area contributed by atoms with Gasteiger partial charge in [-0.3, -0.25) is 4.68 Å². The Labute approximate surface area is 73.8 Å². The van der Waals surface area contributed by atoms with Crippen LogP contribution in [0.1, 0.15) is 25.0 Å². The van der Waals surface area contributed by atoms with Crippen molar-refractivity contribution in [2.75, 3.05) is 13.6 Å². The molecule has 1 unspecified atom stereocenters. The fourth-order valence-corrected chi connectivity index (χ4v) is 1.49. The summed E-state index contributed by atoms with van der Waals surface area (Å²) < 4.78 is 1.95. The van der Waals surface area contributed by atoms with E-state index in [0.717, 1.165) is 13.0 Å². The second-order valence-electron chi connectivity index (χ2n) is 3.04. The highest BCUT2D eigenvalue weighted by Crippen LogP contribution is 2.16. The van der Waals surface area contributed by atoms with Gasteiger partial charge in [0.1, 0.15) is 0 Å². The van der Waals surface area contributed by atoms with Gasteiger partial charge >= 0.3 is 0 Å². The van der Waals surface area contributed by atoms with Crippen molar-refractivity contribution in [3.8, 4) is 0 Å². The SMILES string of the molecule is CCC(CNC)c1ccnn1C. The summed E-state index contributed by atoms with van der Waals surface area (Å²) in [6.45, 7) is 3.23. The second-order valence-corrected chi connectivity index (χ2v) is 3.04. The fourth-order valence-electron chi connectivity index (χ4n) is 1.49. The van der Waals surface area contributed by atoms with E-state index in [1.807, 2.05) is 25.0 Å². The molecule has 0 aliphatic rings. The van der Waals surface area contributed by atoms with Crippen LogP contribution in [-0.4, -0.2) is 23.4 Å². The molecule has 0 radical (unpaired) electrons. The lowest BCUT2D eigenvalue weighted by Gasteiger charge is -2.14. The Hall–Kier alpha value is -0.830. The van der Waals surface area contributed by atoms with Crippen LogP contribution < -0.4 is 5.32 Å². The summed E-state index contributed by atoms with van der Waals surface area (Å²) in [6, 6.07) is 2.09. The van der Waals surface area contributed by atoms with Gasteiger partial charge in [-0.1, -0.05) is 6.92 Å². The summed E-state index contributed by atoms with van der Waals surface area (Å²) in [5.41, 5.74) is 1.31. The normalized spacial score (nSPS) is 13.2. The molecule has 3 nitrogen and oxygen atoms in total. The van der Waals surface area contributed by atoms with Crippen molar-refractivity contribution < 1.29 is 0 Å². The van der Waals surface area contributed by atoms with E-state index in [1.54, 1.807) is 0 Å². The van der Waals surface area contributed by atoms with E-state index in [4.69, 9.17) is 0 Å². The number of hydrogen-bond donors (Lipinski definition) is 1. The van der Waals surface area contributed by atoms with Crippen LogP contribution in [0.2, 0.25) is 0 Å². The molecule has 12 heavy (non-hydrogen) atoms.